The van der Waals surface area contributed by atoms with Crippen molar-refractivity contribution in [2.24, 2.45) is 0 Å². The minimum atomic E-state index is 0.566. The van der Waals surface area contributed by atoms with Gasteiger partial charge in [0.2, 0.25) is 0 Å². The average molecular weight is 278 g/mol. The summed E-state index contributed by atoms with van der Waals surface area (Å²) in [6.07, 6.45) is 10.3. The summed E-state index contributed by atoms with van der Waals surface area (Å²) in [4.78, 5) is 11.2. The number of piperidine rings is 2. The molecule has 3 heterocycles. The third-order valence-electron chi connectivity index (χ3n) is 4.54. The Bertz CT molecular complexity index is 425. The third kappa shape index (κ3) is 2.87. The summed E-state index contributed by atoms with van der Waals surface area (Å²) in [6, 6.07) is 4.13. The smallest absolute Gasteiger partial charge is 0.130 e. The molecule has 2 aliphatic heterocycles. The van der Waals surface area contributed by atoms with Crippen LogP contribution in [0.3, 0.4) is 0 Å². The molecule has 0 aliphatic carbocycles. The molecule has 0 spiro atoms. The second-order valence-electron chi connectivity index (χ2n) is 5.66. The van der Waals surface area contributed by atoms with Crippen LogP contribution in [0.15, 0.2) is 17.4 Å². The number of aromatic nitrogens is 2. The van der Waals surface area contributed by atoms with E-state index in [1.54, 1.807) is 18.1 Å². The van der Waals surface area contributed by atoms with Gasteiger partial charge in [0, 0.05) is 24.2 Å². The van der Waals surface area contributed by atoms with Crippen LogP contribution in [0.1, 0.15) is 32.1 Å². The van der Waals surface area contributed by atoms with E-state index in [1.807, 2.05) is 6.26 Å². The monoisotopic (exact) mass is 278 g/mol. The minimum absolute atomic E-state index is 0.566. The molecule has 2 unspecified atom stereocenters. The number of hydrogen-bond donors (Lipinski definition) is 1. The van der Waals surface area contributed by atoms with Crippen molar-refractivity contribution < 1.29 is 0 Å². The number of fused-ring (bicyclic) bond motifs is 2. The Morgan fingerprint density at radius 3 is 2.68 bits per heavy atom. The van der Waals surface area contributed by atoms with E-state index in [-0.39, 0.29) is 0 Å². The van der Waals surface area contributed by atoms with Crippen molar-refractivity contribution in [3.63, 3.8) is 0 Å². The summed E-state index contributed by atoms with van der Waals surface area (Å²) in [6.45, 7) is 0. The lowest BCUT2D eigenvalue weighted by Crippen LogP contribution is -2.52. The van der Waals surface area contributed by atoms with E-state index in [0.717, 1.165) is 22.9 Å². The SMILES string of the molecule is CSc1cc(NC2CC3CCCC(C2)N3C)ncn1. The fourth-order valence-electron chi connectivity index (χ4n) is 3.47. The van der Waals surface area contributed by atoms with Gasteiger partial charge in [-0.05, 0) is 39.0 Å². The maximum absolute atomic E-state index is 4.35. The van der Waals surface area contributed by atoms with Crippen LogP contribution in [0.25, 0.3) is 0 Å². The molecule has 1 aromatic heterocycles. The van der Waals surface area contributed by atoms with Crippen LogP contribution in [-0.4, -0.2) is 46.3 Å². The molecule has 5 heteroatoms. The first kappa shape index (κ1) is 13.2. The number of rotatable bonds is 3. The maximum Gasteiger partial charge on any atom is 0.130 e. The Morgan fingerprint density at radius 1 is 1.26 bits per heavy atom. The van der Waals surface area contributed by atoms with Gasteiger partial charge in [0.05, 0.1) is 0 Å². The summed E-state index contributed by atoms with van der Waals surface area (Å²) in [5.74, 6) is 0.979. The van der Waals surface area contributed by atoms with Gasteiger partial charge < -0.3 is 10.2 Å². The second-order valence-corrected chi connectivity index (χ2v) is 6.49. The lowest BCUT2D eigenvalue weighted by Gasteiger charge is -2.47. The molecule has 0 aromatic carbocycles. The van der Waals surface area contributed by atoms with Crippen LogP contribution in [0.4, 0.5) is 5.82 Å². The lowest BCUT2D eigenvalue weighted by molar-refractivity contribution is 0.0608. The molecule has 0 saturated carbocycles. The van der Waals surface area contributed by atoms with Crippen molar-refractivity contribution in [3.05, 3.63) is 12.4 Å². The predicted molar refractivity (Wildman–Crippen MR) is 79.6 cm³/mol. The molecule has 2 fully saturated rings. The standard InChI is InChI=1S/C14H22N4S/c1-18-11-4-3-5-12(18)7-10(6-11)17-13-8-14(19-2)16-9-15-13/h8-12H,3-7H2,1-2H3,(H,15,16,17). The summed E-state index contributed by atoms with van der Waals surface area (Å²) >= 11 is 1.66. The quantitative estimate of drug-likeness (QED) is 0.680. The molecule has 2 aliphatic rings. The van der Waals surface area contributed by atoms with Gasteiger partial charge >= 0.3 is 0 Å². The zero-order chi connectivity index (χ0) is 13.2. The van der Waals surface area contributed by atoms with Crippen LogP contribution < -0.4 is 5.32 Å². The number of thioether (sulfide) groups is 1. The highest BCUT2D eigenvalue weighted by atomic mass is 32.2. The van der Waals surface area contributed by atoms with Crippen LogP contribution in [0.5, 0.6) is 0 Å². The number of anilines is 1. The molecule has 2 saturated heterocycles. The molecule has 19 heavy (non-hydrogen) atoms. The largest absolute Gasteiger partial charge is 0.367 e. The molecule has 1 aromatic rings. The summed E-state index contributed by atoms with van der Waals surface area (Å²) < 4.78 is 0. The molecule has 1 N–H and O–H groups in total. The molecule has 104 valence electrons. The van der Waals surface area contributed by atoms with Gasteiger partial charge in [0.1, 0.15) is 17.2 Å². The van der Waals surface area contributed by atoms with Gasteiger partial charge in [0.15, 0.2) is 0 Å². The second kappa shape index (κ2) is 5.67. The normalized spacial score (nSPS) is 31.2. The molecular weight excluding hydrogens is 256 g/mol. The van der Waals surface area contributed by atoms with Crippen molar-refractivity contribution in [2.75, 3.05) is 18.6 Å². The molecule has 0 radical (unpaired) electrons. The van der Waals surface area contributed by atoms with E-state index >= 15 is 0 Å². The summed E-state index contributed by atoms with van der Waals surface area (Å²) in [7, 11) is 2.29. The van der Waals surface area contributed by atoms with E-state index in [4.69, 9.17) is 0 Å². The van der Waals surface area contributed by atoms with E-state index in [0.29, 0.717) is 6.04 Å². The van der Waals surface area contributed by atoms with Crippen molar-refractivity contribution in [1.82, 2.24) is 14.9 Å². The highest BCUT2D eigenvalue weighted by Crippen LogP contribution is 2.33. The first-order valence-corrected chi connectivity index (χ1v) is 8.33. The zero-order valence-corrected chi connectivity index (χ0v) is 12.5. The van der Waals surface area contributed by atoms with Crippen molar-refractivity contribution in [3.8, 4) is 0 Å². The minimum Gasteiger partial charge on any atom is -0.367 e. The molecule has 2 bridgehead atoms. The Labute approximate surface area is 119 Å². The van der Waals surface area contributed by atoms with Gasteiger partial charge in [-0.2, -0.15) is 0 Å². The fraction of sp³-hybridized carbons (Fsp3) is 0.714. The first-order valence-electron chi connectivity index (χ1n) is 7.11. The number of nitrogens with one attached hydrogen (secondary N) is 1. The topological polar surface area (TPSA) is 41.0 Å². The van der Waals surface area contributed by atoms with Gasteiger partial charge in [-0.25, -0.2) is 9.97 Å². The molecule has 3 rings (SSSR count). The lowest BCUT2D eigenvalue weighted by atomic mass is 9.82. The number of hydrogen-bond acceptors (Lipinski definition) is 5. The van der Waals surface area contributed by atoms with Gasteiger partial charge in [-0.15, -0.1) is 11.8 Å². The highest BCUT2D eigenvalue weighted by Gasteiger charge is 2.35. The molecule has 0 amide bonds. The van der Waals surface area contributed by atoms with Crippen LogP contribution >= 0.6 is 11.8 Å². The summed E-state index contributed by atoms with van der Waals surface area (Å²) in [5.41, 5.74) is 0. The zero-order valence-electron chi connectivity index (χ0n) is 11.7. The predicted octanol–water partition coefficient (Wildman–Crippen LogP) is 2.63. The molecule has 4 nitrogen and oxygen atoms in total. The highest BCUT2D eigenvalue weighted by molar-refractivity contribution is 7.98. The molecular formula is C14H22N4S. The van der Waals surface area contributed by atoms with Crippen LogP contribution in [-0.2, 0) is 0 Å². The van der Waals surface area contributed by atoms with Crippen molar-refractivity contribution in [2.45, 2.75) is 55.3 Å². The summed E-state index contributed by atoms with van der Waals surface area (Å²) in [5, 5.41) is 4.65. The van der Waals surface area contributed by atoms with E-state index in [9.17, 15) is 0 Å². The Hall–Kier alpha value is -0.810. The van der Waals surface area contributed by atoms with Gasteiger partial charge in [-0.1, -0.05) is 6.42 Å². The van der Waals surface area contributed by atoms with Crippen LogP contribution in [0.2, 0.25) is 0 Å². The van der Waals surface area contributed by atoms with Gasteiger partial charge in [-0.3, -0.25) is 0 Å². The maximum atomic E-state index is 4.35. The van der Waals surface area contributed by atoms with Crippen molar-refractivity contribution in [1.29, 1.82) is 0 Å². The van der Waals surface area contributed by atoms with Crippen molar-refractivity contribution >= 4 is 17.6 Å². The number of nitrogens with zero attached hydrogens (tertiary/aromatic N) is 3. The fourth-order valence-corrected chi connectivity index (χ4v) is 3.85. The van der Waals surface area contributed by atoms with E-state index < -0.39 is 0 Å². The first-order chi connectivity index (χ1) is 9.26. The Morgan fingerprint density at radius 2 is 2.00 bits per heavy atom. The third-order valence-corrected chi connectivity index (χ3v) is 5.18. The van der Waals surface area contributed by atoms with E-state index in [1.165, 1.54) is 32.1 Å². The van der Waals surface area contributed by atoms with E-state index in [2.05, 4.69) is 33.3 Å². The average Bonchev–Trinajstić information content (AvgIpc) is 2.40. The van der Waals surface area contributed by atoms with Gasteiger partial charge in [0.25, 0.3) is 0 Å². The Balaban J connectivity index is 1.67. The van der Waals surface area contributed by atoms with Crippen LogP contribution in [0, 0.1) is 0 Å². The Kier molecular flexibility index (Phi) is 3.93. The molecule has 2 atom stereocenters.